The number of unbranched alkanes of at least 4 members (excludes halogenated alkanes) is 14. The molecule has 0 saturated heterocycles. The minimum Gasteiger partial charge on any atom is -0.0950 e. The molecule has 0 aromatic heterocycles. The molecule has 128 valence electrons. The fourth-order valence-corrected chi connectivity index (χ4v) is 3.49. The fraction of sp³-hybridized carbons (Fsp3) is 1.00. The molecule has 0 saturated carbocycles. The van der Waals surface area contributed by atoms with Gasteiger partial charge < -0.3 is 0 Å². The molecule has 1 atom stereocenters. The summed E-state index contributed by atoms with van der Waals surface area (Å²) in [6.45, 7) is 2.29. The van der Waals surface area contributed by atoms with Crippen molar-refractivity contribution in [2.75, 3.05) is 0 Å². The van der Waals surface area contributed by atoms with Crippen LogP contribution in [0.2, 0.25) is 0 Å². The molecule has 0 amide bonds. The van der Waals surface area contributed by atoms with Crippen molar-refractivity contribution in [2.24, 2.45) is 0 Å². The van der Waals surface area contributed by atoms with E-state index in [-0.39, 0.29) is 1.79 Å². The van der Waals surface area contributed by atoms with E-state index in [2.05, 4.69) is 45.4 Å². The van der Waals surface area contributed by atoms with Crippen LogP contribution in [0.25, 0.3) is 0 Å². The third-order valence-corrected chi connectivity index (χ3v) is 5.19. The topological polar surface area (TPSA) is 0 Å². The van der Waals surface area contributed by atoms with Crippen LogP contribution in [0.1, 0.15) is 110 Å². The molecule has 0 heterocycles. The zero-order chi connectivity index (χ0) is 15.8. The van der Waals surface area contributed by atoms with Crippen LogP contribution in [0, 0.1) is 0 Å². The lowest BCUT2D eigenvalue weighted by Crippen LogP contribution is -1.98. The number of rotatable bonds is 16. The lowest BCUT2D eigenvalue weighted by Gasteiger charge is -2.10. The maximum atomic E-state index is 6.09. The van der Waals surface area contributed by atoms with E-state index in [0.29, 0.717) is 0 Å². The molecule has 0 aliphatic rings. The standard InChI is InChI=1S/C18H35BrClI/c1-2-3-4-5-6-7-8-9-10-11-12-13-14-15-16-17-18(19,20)21/h2-17H2,1H3. The summed E-state index contributed by atoms with van der Waals surface area (Å²) in [6, 6.07) is 0. The third kappa shape index (κ3) is 21.5. The zero-order valence-corrected chi connectivity index (χ0v) is 18.4. The zero-order valence-electron chi connectivity index (χ0n) is 13.9. The van der Waals surface area contributed by atoms with E-state index in [1.807, 2.05) is 0 Å². The molecule has 0 radical (unpaired) electrons. The number of hydrogen-bond donors (Lipinski definition) is 0. The van der Waals surface area contributed by atoms with Crippen LogP contribution < -0.4 is 0 Å². The van der Waals surface area contributed by atoms with Gasteiger partial charge in [-0.25, -0.2) is 0 Å². The number of alkyl halides is 3. The Labute approximate surface area is 160 Å². The monoisotopic (exact) mass is 492 g/mol. The third-order valence-electron chi connectivity index (χ3n) is 4.06. The maximum absolute atomic E-state index is 6.09. The fourth-order valence-electron chi connectivity index (χ4n) is 2.70. The van der Waals surface area contributed by atoms with Gasteiger partial charge in [0.1, 0.15) is 1.79 Å². The van der Waals surface area contributed by atoms with Crippen molar-refractivity contribution in [3.8, 4) is 0 Å². The molecule has 3 heteroatoms. The Morgan fingerprint density at radius 1 is 0.667 bits per heavy atom. The van der Waals surface area contributed by atoms with Gasteiger partial charge in [-0.1, -0.05) is 131 Å². The van der Waals surface area contributed by atoms with E-state index in [9.17, 15) is 0 Å². The summed E-state index contributed by atoms with van der Waals surface area (Å²) in [5.74, 6) is 0. The van der Waals surface area contributed by atoms with Crippen LogP contribution in [-0.4, -0.2) is 1.79 Å². The van der Waals surface area contributed by atoms with Crippen molar-refractivity contribution in [3.05, 3.63) is 0 Å². The molecule has 0 rings (SSSR count). The van der Waals surface area contributed by atoms with Gasteiger partial charge in [0.15, 0.2) is 0 Å². The minimum atomic E-state index is -0.207. The van der Waals surface area contributed by atoms with Crippen molar-refractivity contribution in [2.45, 2.75) is 111 Å². The SMILES string of the molecule is CCCCCCCCCCCCCCCCCC(Cl)(Br)I. The second-order valence-electron chi connectivity index (χ2n) is 6.31. The Balaban J connectivity index is 3.00. The van der Waals surface area contributed by atoms with Crippen molar-refractivity contribution in [3.63, 3.8) is 0 Å². The highest BCUT2D eigenvalue weighted by Gasteiger charge is 2.16. The van der Waals surface area contributed by atoms with Gasteiger partial charge in [-0.2, -0.15) is 0 Å². The molecule has 0 aliphatic carbocycles. The highest BCUT2D eigenvalue weighted by atomic mass is 127. The van der Waals surface area contributed by atoms with Crippen LogP contribution in [0.15, 0.2) is 0 Å². The van der Waals surface area contributed by atoms with Gasteiger partial charge in [0, 0.05) is 0 Å². The van der Waals surface area contributed by atoms with Crippen LogP contribution in [0.3, 0.4) is 0 Å². The molecular weight excluding hydrogens is 458 g/mol. The minimum absolute atomic E-state index is 0.207. The molecule has 0 fully saturated rings. The van der Waals surface area contributed by atoms with Crippen LogP contribution >= 0.6 is 50.1 Å². The van der Waals surface area contributed by atoms with E-state index < -0.39 is 0 Å². The van der Waals surface area contributed by atoms with E-state index in [1.54, 1.807) is 0 Å². The van der Waals surface area contributed by atoms with Crippen LogP contribution in [0.5, 0.6) is 0 Å². The molecule has 0 nitrogen and oxygen atoms in total. The summed E-state index contributed by atoms with van der Waals surface area (Å²) in [7, 11) is 0. The number of hydrogen-bond acceptors (Lipinski definition) is 0. The normalized spacial score (nSPS) is 14.3. The van der Waals surface area contributed by atoms with Gasteiger partial charge in [0.2, 0.25) is 0 Å². The Bertz CT molecular complexity index is 204. The van der Waals surface area contributed by atoms with Crippen LogP contribution in [-0.2, 0) is 0 Å². The first-order valence-corrected chi connectivity index (χ1v) is 11.4. The molecule has 0 spiro atoms. The first kappa shape index (κ1) is 22.5. The average molecular weight is 494 g/mol. The predicted octanol–water partition coefficient (Wildman–Crippen LogP) is 8.97. The highest BCUT2D eigenvalue weighted by Crippen LogP contribution is 2.37. The van der Waals surface area contributed by atoms with Crippen molar-refractivity contribution in [1.82, 2.24) is 0 Å². The van der Waals surface area contributed by atoms with Gasteiger partial charge >= 0.3 is 0 Å². The number of halogens is 3. The lowest BCUT2D eigenvalue weighted by molar-refractivity contribution is 0.531. The van der Waals surface area contributed by atoms with Gasteiger partial charge in [0.05, 0.1) is 0 Å². The van der Waals surface area contributed by atoms with E-state index in [1.165, 1.54) is 96.3 Å². The van der Waals surface area contributed by atoms with Crippen molar-refractivity contribution < 1.29 is 0 Å². The lowest BCUT2D eigenvalue weighted by atomic mass is 10.0. The smallest absolute Gasteiger partial charge is 0.0950 e. The Morgan fingerprint density at radius 2 is 0.952 bits per heavy atom. The quantitative estimate of drug-likeness (QED) is 0.114. The molecule has 0 aromatic rings. The maximum Gasteiger partial charge on any atom is 0.150 e. The van der Waals surface area contributed by atoms with E-state index in [0.717, 1.165) is 6.42 Å². The van der Waals surface area contributed by atoms with Gasteiger partial charge in [-0.3, -0.25) is 0 Å². The summed E-state index contributed by atoms with van der Waals surface area (Å²) < 4.78 is -0.207. The average Bonchev–Trinajstić information content (AvgIpc) is 2.42. The molecule has 0 bridgehead atoms. The summed E-state index contributed by atoms with van der Waals surface area (Å²) in [6.07, 6.45) is 22.3. The molecule has 0 aromatic carbocycles. The Kier molecular flexibility index (Phi) is 17.5. The summed E-state index contributed by atoms with van der Waals surface area (Å²) in [5.41, 5.74) is 0. The Hall–Kier alpha value is 1.50. The van der Waals surface area contributed by atoms with Gasteiger partial charge in [-0.15, -0.1) is 0 Å². The predicted molar refractivity (Wildman–Crippen MR) is 111 cm³/mol. The first-order valence-electron chi connectivity index (χ1n) is 9.13. The molecule has 0 aliphatic heterocycles. The first-order chi connectivity index (χ1) is 10.1. The summed E-state index contributed by atoms with van der Waals surface area (Å²) in [4.78, 5) is 0. The van der Waals surface area contributed by atoms with E-state index in [4.69, 9.17) is 11.6 Å². The molecule has 21 heavy (non-hydrogen) atoms. The van der Waals surface area contributed by atoms with Crippen molar-refractivity contribution >= 4 is 50.1 Å². The van der Waals surface area contributed by atoms with E-state index >= 15 is 0 Å². The molecular formula is C18H35BrClI. The molecule has 0 N–H and O–H groups in total. The van der Waals surface area contributed by atoms with Gasteiger partial charge in [0.25, 0.3) is 0 Å². The summed E-state index contributed by atoms with van der Waals surface area (Å²) >= 11 is 11.8. The highest BCUT2D eigenvalue weighted by molar-refractivity contribution is 14.1. The molecule has 1 unspecified atom stereocenters. The second-order valence-corrected chi connectivity index (χ2v) is 12.7. The second kappa shape index (κ2) is 16.4. The largest absolute Gasteiger partial charge is 0.150 e. The van der Waals surface area contributed by atoms with Crippen molar-refractivity contribution in [1.29, 1.82) is 0 Å². The Morgan fingerprint density at radius 3 is 1.24 bits per heavy atom. The van der Waals surface area contributed by atoms with Crippen LogP contribution in [0.4, 0.5) is 0 Å². The van der Waals surface area contributed by atoms with Gasteiger partial charge in [-0.05, 0) is 29.0 Å². The summed E-state index contributed by atoms with van der Waals surface area (Å²) in [5, 5.41) is 0.